The summed E-state index contributed by atoms with van der Waals surface area (Å²) in [5.74, 6) is 0. The molecule has 0 atom stereocenters. The molecule has 0 heterocycles. The average Bonchev–Trinajstić information content (AvgIpc) is 2.40. The fourth-order valence-electron chi connectivity index (χ4n) is 1.78. The van der Waals surface area contributed by atoms with Crippen LogP contribution in [0, 0.1) is 0 Å². The van der Waals surface area contributed by atoms with Crippen LogP contribution in [0.3, 0.4) is 0 Å². The van der Waals surface area contributed by atoms with Crippen LogP contribution in [0.4, 0.5) is 0 Å². The third-order valence-corrected chi connectivity index (χ3v) is 2.52. The Morgan fingerprint density at radius 3 is 1.94 bits per heavy atom. The molecule has 0 aliphatic heterocycles. The Hall–Kier alpha value is -1.82. The van der Waals surface area contributed by atoms with E-state index in [1.807, 2.05) is 26.8 Å². The highest BCUT2D eigenvalue weighted by atomic mass is 14.0. The molecule has 0 heteroatoms. The van der Waals surface area contributed by atoms with Gasteiger partial charge in [-0.2, -0.15) is 0 Å². The number of allylic oxidation sites excluding steroid dienone is 1. The maximum atomic E-state index is 3.85. The Labute approximate surface area is 104 Å². The van der Waals surface area contributed by atoms with Gasteiger partial charge in [-0.1, -0.05) is 62.9 Å². The highest BCUT2D eigenvalue weighted by Gasteiger charge is 1.98. The third kappa shape index (κ3) is 3.07. The topological polar surface area (TPSA) is 0 Å². The van der Waals surface area contributed by atoms with E-state index in [1.165, 1.54) is 21.9 Å². The van der Waals surface area contributed by atoms with Crippen LogP contribution in [0.25, 0.3) is 22.9 Å². The molecule has 0 saturated carbocycles. The molecule has 2 rings (SSSR count). The van der Waals surface area contributed by atoms with Crippen molar-refractivity contribution in [2.75, 3.05) is 0 Å². The standard InChI is InChI=1S/C15H14.C2H6/c1-3-7-13-11-15-9-6-5-8-14(15)10-12(13)4-2;1-2/h3-11H,2H2,1H3;1-2H3/b7-3-;. The minimum atomic E-state index is 1.19. The second kappa shape index (κ2) is 6.70. The van der Waals surface area contributed by atoms with Crippen molar-refractivity contribution in [2.24, 2.45) is 0 Å². The molecular formula is C17H20. The lowest BCUT2D eigenvalue weighted by molar-refractivity contribution is 1.50. The molecular weight excluding hydrogens is 204 g/mol. The molecule has 0 nitrogen and oxygen atoms in total. The minimum Gasteiger partial charge on any atom is -0.0984 e. The first kappa shape index (κ1) is 13.2. The molecule has 0 N–H and O–H groups in total. The predicted octanol–water partition coefficient (Wildman–Crippen LogP) is 5.54. The zero-order valence-corrected chi connectivity index (χ0v) is 10.9. The zero-order chi connectivity index (χ0) is 12.7. The first-order valence-corrected chi connectivity index (χ1v) is 6.13. The van der Waals surface area contributed by atoms with Gasteiger partial charge in [0.25, 0.3) is 0 Å². The van der Waals surface area contributed by atoms with Gasteiger partial charge in [-0.3, -0.25) is 0 Å². The maximum absolute atomic E-state index is 3.85. The average molecular weight is 224 g/mol. The van der Waals surface area contributed by atoms with Gasteiger partial charge in [-0.25, -0.2) is 0 Å². The molecule has 0 saturated heterocycles. The van der Waals surface area contributed by atoms with Gasteiger partial charge in [-0.15, -0.1) is 0 Å². The van der Waals surface area contributed by atoms with Crippen LogP contribution < -0.4 is 0 Å². The normalized spacial score (nSPS) is 10.1. The van der Waals surface area contributed by atoms with Gasteiger partial charge in [-0.05, 0) is 41.0 Å². The molecule has 0 unspecified atom stereocenters. The van der Waals surface area contributed by atoms with E-state index in [9.17, 15) is 0 Å². The van der Waals surface area contributed by atoms with Crippen LogP contribution in [-0.4, -0.2) is 0 Å². The second-order valence-corrected chi connectivity index (χ2v) is 3.53. The number of benzene rings is 2. The maximum Gasteiger partial charge on any atom is -0.0178 e. The smallest absolute Gasteiger partial charge is 0.0178 e. The van der Waals surface area contributed by atoms with Crippen molar-refractivity contribution >= 4 is 22.9 Å². The quantitative estimate of drug-likeness (QED) is 0.628. The second-order valence-electron chi connectivity index (χ2n) is 3.53. The van der Waals surface area contributed by atoms with Crippen molar-refractivity contribution in [3.63, 3.8) is 0 Å². The highest BCUT2D eigenvalue weighted by Crippen LogP contribution is 2.21. The highest BCUT2D eigenvalue weighted by molar-refractivity contribution is 5.88. The summed E-state index contributed by atoms with van der Waals surface area (Å²) in [7, 11) is 0. The molecule has 0 aliphatic rings. The van der Waals surface area contributed by atoms with Crippen LogP contribution in [0.5, 0.6) is 0 Å². The lowest BCUT2D eigenvalue weighted by atomic mass is 10.0. The van der Waals surface area contributed by atoms with Gasteiger partial charge in [0.1, 0.15) is 0 Å². The molecule has 0 aliphatic carbocycles. The monoisotopic (exact) mass is 224 g/mol. The summed E-state index contributed by atoms with van der Waals surface area (Å²) >= 11 is 0. The van der Waals surface area contributed by atoms with E-state index in [-0.39, 0.29) is 0 Å². The molecule has 0 amide bonds. The zero-order valence-electron chi connectivity index (χ0n) is 10.9. The summed E-state index contributed by atoms with van der Waals surface area (Å²) < 4.78 is 0. The van der Waals surface area contributed by atoms with Gasteiger partial charge in [0.05, 0.1) is 0 Å². The molecule has 17 heavy (non-hydrogen) atoms. The lowest BCUT2D eigenvalue weighted by Gasteiger charge is -2.04. The first-order chi connectivity index (χ1) is 8.35. The van der Waals surface area contributed by atoms with Crippen molar-refractivity contribution in [1.82, 2.24) is 0 Å². The van der Waals surface area contributed by atoms with E-state index in [4.69, 9.17) is 0 Å². The fourth-order valence-corrected chi connectivity index (χ4v) is 1.78. The molecule has 0 bridgehead atoms. The fraction of sp³-hybridized carbons (Fsp3) is 0.176. The molecule has 2 aromatic carbocycles. The van der Waals surface area contributed by atoms with E-state index in [2.05, 4.69) is 55.1 Å². The van der Waals surface area contributed by atoms with Crippen molar-refractivity contribution in [2.45, 2.75) is 20.8 Å². The minimum absolute atomic E-state index is 1.19. The van der Waals surface area contributed by atoms with Gasteiger partial charge < -0.3 is 0 Å². The van der Waals surface area contributed by atoms with E-state index in [1.54, 1.807) is 0 Å². The largest absolute Gasteiger partial charge is 0.0984 e. The summed E-state index contributed by atoms with van der Waals surface area (Å²) in [6.07, 6.45) is 6.07. The summed E-state index contributed by atoms with van der Waals surface area (Å²) in [6, 6.07) is 12.8. The van der Waals surface area contributed by atoms with E-state index >= 15 is 0 Å². The van der Waals surface area contributed by atoms with Crippen LogP contribution in [0.2, 0.25) is 0 Å². The van der Waals surface area contributed by atoms with E-state index in [0.29, 0.717) is 0 Å². The Balaban J connectivity index is 0.000000686. The summed E-state index contributed by atoms with van der Waals surface area (Å²) in [5.41, 5.74) is 2.41. The summed E-state index contributed by atoms with van der Waals surface area (Å²) in [6.45, 7) is 9.88. The van der Waals surface area contributed by atoms with Crippen LogP contribution in [0.15, 0.2) is 49.1 Å². The summed E-state index contributed by atoms with van der Waals surface area (Å²) in [4.78, 5) is 0. The van der Waals surface area contributed by atoms with Crippen LogP contribution in [0.1, 0.15) is 31.9 Å². The molecule has 2 aromatic rings. The van der Waals surface area contributed by atoms with Gasteiger partial charge in [0, 0.05) is 0 Å². The van der Waals surface area contributed by atoms with Crippen LogP contribution >= 0.6 is 0 Å². The van der Waals surface area contributed by atoms with Gasteiger partial charge in [0.15, 0.2) is 0 Å². The van der Waals surface area contributed by atoms with E-state index < -0.39 is 0 Å². The molecule has 0 spiro atoms. The van der Waals surface area contributed by atoms with Gasteiger partial charge in [0.2, 0.25) is 0 Å². The SMILES string of the molecule is C=Cc1cc2ccccc2cc1/C=C\C.CC. The van der Waals surface area contributed by atoms with Crippen LogP contribution in [-0.2, 0) is 0 Å². The Bertz CT molecular complexity index is 519. The summed E-state index contributed by atoms with van der Waals surface area (Å²) in [5, 5.41) is 2.54. The number of rotatable bonds is 2. The van der Waals surface area contributed by atoms with Crippen molar-refractivity contribution < 1.29 is 0 Å². The number of hydrogen-bond acceptors (Lipinski definition) is 0. The third-order valence-electron chi connectivity index (χ3n) is 2.52. The Morgan fingerprint density at radius 2 is 1.47 bits per heavy atom. The lowest BCUT2D eigenvalue weighted by Crippen LogP contribution is -1.82. The molecule has 88 valence electrons. The Kier molecular flexibility index (Phi) is 5.22. The molecule has 0 fully saturated rings. The first-order valence-electron chi connectivity index (χ1n) is 6.13. The van der Waals surface area contributed by atoms with Crippen molar-refractivity contribution in [3.05, 3.63) is 60.2 Å². The van der Waals surface area contributed by atoms with Crippen molar-refractivity contribution in [1.29, 1.82) is 0 Å². The molecule has 0 radical (unpaired) electrons. The Morgan fingerprint density at radius 1 is 0.941 bits per heavy atom. The molecule has 0 aromatic heterocycles. The number of hydrogen-bond donors (Lipinski definition) is 0. The van der Waals surface area contributed by atoms with E-state index in [0.717, 1.165) is 0 Å². The van der Waals surface area contributed by atoms with Gasteiger partial charge >= 0.3 is 0 Å². The van der Waals surface area contributed by atoms with Crippen molar-refractivity contribution in [3.8, 4) is 0 Å². The number of fused-ring (bicyclic) bond motifs is 1. The predicted molar refractivity (Wildman–Crippen MR) is 80.1 cm³/mol.